The first kappa shape index (κ1) is 24.3. The second kappa shape index (κ2) is 9.17. The fraction of sp³-hybridized carbons (Fsp3) is 0.207. The Hall–Kier alpha value is -4.75. The summed E-state index contributed by atoms with van der Waals surface area (Å²) in [6.07, 6.45) is 9.00. The molecule has 2 aliphatic rings. The quantitative estimate of drug-likeness (QED) is 0.348. The van der Waals surface area contributed by atoms with Gasteiger partial charge in [-0.3, -0.25) is 9.48 Å². The Morgan fingerprint density at radius 3 is 2.58 bits per heavy atom. The van der Waals surface area contributed by atoms with Crippen LogP contribution < -0.4 is 10.2 Å². The number of nitriles is 1. The van der Waals surface area contributed by atoms with Crippen LogP contribution in [0.1, 0.15) is 15.9 Å². The standard InChI is InChI=1S/C29H22ClFN8O/c1-37-12-19(11-34-37)17-7-20(28-18(8-32)10-35-39(28)13-17)16-5-6-25(33-9-16)38-14-21-22(15-38)27(21)36-29(40)26-23(30)3-2-4-24(26)31/h2-7,9-13,21-22,27H,14-15H2,1H3,(H,36,40)/t21-,22+,27?. The number of carbonyl (C=O) groups excluding carboxylic acids is 1. The molecule has 1 amide bonds. The van der Waals surface area contributed by atoms with E-state index in [1.54, 1.807) is 21.6 Å². The Bertz CT molecular complexity index is 1810. The largest absolute Gasteiger partial charge is 0.356 e. The summed E-state index contributed by atoms with van der Waals surface area (Å²) in [5, 5.41) is 21.4. The average molecular weight is 553 g/mol. The minimum absolute atomic E-state index is 0.00605. The summed E-state index contributed by atoms with van der Waals surface area (Å²) in [5.41, 5.74) is 4.70. The molecule has 1 N–H and O–H groups in total. The molecule has 7 rings (SSSR count). The number of hydrogen-bond acceptors (Lipinski definition) is 6. The van der Waals surface area contributed by atoms with E-state index in [0.717, 1.165) is 46.7 Å². The molecule has 4 aromatic heterocycles. The zero-order chi connectivity index (χ0) is 27.5. The number of halogens is 2. The third-order valence-electron chi connectivity index (χ3n) is 7.83. The molecule has 1 aliphatic carbocycles. The van der Waals surface area contributed by atoms with Crippen molar-refractivity contribution >= 4 is 28.8 Å². The van der Waals surface area contributed by atoms with Crippen LogP contribution in [-0.2, 0) is 7.05 Å². The van der Waals surface area contributed by atoms with E-state index in [1.165, 1.54) is 18.2 Å². The number of carbonyl (C=O) groups is 1. The monoisotopic (exact) mass is 552 g/mol. The molecule has 0 spiro atoms. The highest BCUT2D eigenvalue weighted by Crippen LogP contribution is 2.47. The number of rotatable bonds is 5. The molecule has 9 nitrogen and oxygen atoms in total. The van der Waals surface area contributed by atoms with E-state index < -0.39 is 11.7 Å². The number of hydrogen-bond donors (Lipinski definition) is 1. The molecule has 1 saturated carbocycles. The number of benzene rings is 1. The van der Waals surface area contributed by atoms with Gasteiger partial charge in [0.15, 0.2) is 0 Å². The van der Waals surface area contributed by atoms with Gasteiger partial charge in [0.1, 0.15) is 17.7 Å². The molecule has 1 unspecified atom stereocenters. The lowest BCUT2D eigenvalue weighted by Gasteiger charge is -2.21. The number of nitrogens with zero attached hydrogens (tertiary/aromatic N) is 7. The van der Waals surface area contributed by atoms with Gasteiger partial charge in [0, 0.05) is 78.9 Å². The summed E-state index contributed by atoms with van der Waals surface area (Å²) in [6.45, 7) is 1.49. The first-order valence-electron chi connectivity index (χ1n) is 12.8. The highest BCUT2D eigenvalue weighted by Gasteiger charge is 2.56. The van der Waals surface area contributed by atoms with Gasteiger partial charge in [-0.25, -0.2) is 13.9 Å². The Balaban J connectivity index is 1.10. The van der Waals surface area contributed by atoms with Gasteiger partial charge in [0.25, 0.3) is 5.91 Å². The molecule has 2 fully saturated rings. The van der Waals surface area contributed by atoms with Crippen molar-refractivity contribution in [2.45, 2.75) is 6.04 Å². The molecule has 198 valence electrons. The molecule has 1 saturated heterocycles. The Morgan fingerprint density at radius 1 is 1.07 bits per heavy atom. The number of anilines is 1. The molecule has 0 bridgehead atoms. The van der Waals surface area contributed by atoms with Crippen LogP contribution in [0.2, 0.25) is 5.02 Å². The lowest BCUT2D eigenvalue weighted by Crippen LogP contribution is -2.35. The van der Waals surface area contributed by atoms with Crippen molar-refractivity contribution in [3.05, 3.63) is 89.3 Å². The van der Waals surface area contributed by atoms with Crippen LogP contribution in [0.4, 0.5) is 10.2 Å². The van der Waals surface area contributed by atoms with Crippen molar-refractivity contribution in [1.29, 1.82) is 5.26 Å². The Kier molecular flexibility index (Phi) is 5.57. The van der Waals surface area contributed by atoms with Crippen LogP contribution in [-0.4, -0.2) is 49.4 Å². The van der Waals surface area contributed by atoms with Crippen molar-refractivity contribution in [1.82, 2.24) is 29.7 Å². The number of piperidine rings is 1. The lowest BCUT2D eigenvalue weighted by molar-refractivity contribution is 0.0943. The SMILES string of the molecule is Cn1cc(-c2cc(-c3ccc(N4C[C@@H]5C(NC(=O)c6c(F)cccc6Cl)[C@@H]5C4)nc3)c3c(C#N)cnn3c2)cn1. The van der Waals surface area contributed by atoms with Crippen molar-refractivity contribution in [2.24, 2.45) is 18.9 Å². The van der Waals surface area contributed by atoms with Gasteiger partial charge < -0.3 is 10.2 Å². The van der Waals surface area contributed by atoms with Crippen LogP contribution in [0, 0.1) is 29.0 Å². The fourth-order valence-electron chi connectivity index (χ4n) is 5.75. The van der Waals surface area contributed by atoms with E-state index in [-0.39, 0.29) is 28.5 Å². The summed E-state index contributed by atoms with van der Waals surface area (Å²) in [6, 6.07) is 12.5. The van der Waals surface area contributed by atoms with Crippen LogP contribution >= 0.6 is 11.6 Å². The van der Waals surface area contributed by atoms with Gasteiger partial charge in [-0.2, -0.15) is 15.5 Å². The van der Waals surface area contributed by atoms with E-state index in [4.69, 9.17) is 16.6 Å². The lowest BCUT2D eigenvalue weighted by atomic mass is 10.0. The van der Waals surface area contributed by atoms with Crippen molar-refractivity contribution in [3.8, 4) is 28.3 Å². The third-order valence-corrected chi connectivity index (χ3v) is 8.15. The van der Waals surface area contributed by atoms with Crippen molar-refractivity contribution < 1.29 is 9.18 Å². The first-order chi connectivity index (χ1) is 19.4. The molecular formula is C29H22ClFN8O. The Morgan fingerprint density at radius 2 is 1.90 bits per heavy atom. The van der Waals surface area contributed by atoms with Crippen LogP contribution in [0.3, 0.4) is 0 Å². The molecule has 40 heavy (non-hydrogen) atoms. The number of nitrogens with one attached hydrogen (secondary N) is 1. The molecule has 5 aromatic rings. The van der Waals surface area contributed by atoms with Gasteiger partial charge in [-0.1, -0.05) is 17.7 Å². The fourth-order valence-corrected chi connectivity index (χ4v) is 6.00. The minimum atomic E-state index is -0.622. The second-order valence-corrected chi connectivity index (χ2v) is 10.6. The Labute approximate surface area is 233 Å². The smallest absolute Gasteiger partial charge is 0.256 e. The van der Waals surface area contributed by atoms with E-state index in [1.807, 2.05) is 43.8 Å². The van der Waals surface area contributed by atoms with Gasteiger partial charge in [0.05, 0.1) is 34.1 Å². The summed E-state index contributed by atoms with van der Waals surface area (Å²) in [5.74, 6) is 0.288. The molecule has 5 heterocycles. The normalized spacial score (nSPS) is 19.4. The molecule has 0 radical (unpaired) electrons. The number of pyridine rings is 2. The summed E-state index contributed by atoms with van der Waals surface area (Å²) in [4.78, 5) is 19.6. The highest BCUT2D eigenvalue weighted by atomic mass is 35.5. The topological polar surface area (TPSA) is 104 Å². The van der Waals surface area contributed by atoms with E-state index in [2.05, 4.69) is 26.5 Å². The van der Waals surface area contributed by atoms with E-state index >= 15 is 0 Å². The summed E-state index contributed by atoms with van der Waals surface area (Å²) in [7, 11) is 1.87. The van der Waals surface area contributed by atoms with Crippen LogP contribution in [0.15, 0.2) is 67.4 Å². The number of fused-ring (bicyclic) bond motifs is 2. The predicted molar refractivity (Wildman–Crippen MR) is 147 cm³/mol. The second-order valence-electron chi connectivity index (χ2n) is 10.2. The van der Waals surface area contributed by atoms with Crippen molar-refractivity contribution in [3.63, 3.8) is 0 Å². The van der Waals surface area contributed by atoms with Crippen molar-refractivity contribution in [2.75, 3.05) is 18.0 Å². The summed E-state index contributed by atoms with van der Waals surface area (Å²) < 4.78 is 17.6. The number of aromatic nitrogens is 5. The van der Waals surface area contributed by atoms with Gasteiger partial charge in [-0.15, -0.1) is 0 Å². The third kappa shape index (κ3) is 3.98. The highest BCUT2D eigenvalue weighted by molar-refractivity contribution is 6.33. The predicted octanol–water partition coefficient (Wildman–Crippen LogP) is 4.33. The molecule has 1 aliphatic heterocycles. The number of amides is 1. The maximum Gasteiger partial charge on any atom is 0.256 e. The maximum atomic E-state index is 14.1. The molecule has 3 atom stereocenters. The molecule has 11 heteroatoms. The van der Waals surface area contributed by atoms with Crippen LogP contribution in [0.25, 0.3) is 27.8 Å². The first-order valence-corrected chi connectivity index (χ1v) is 13.2. The van der Waals surface area contributed by atoms with E-state index in [0.29, 0.717) is 5.56 Å². The molecular weight excluding hydrogens is 531 g/mol. The van der Waals surface area contributed by atoms with Gasteiger partial charge >= 0.3 is 0 Å². The zero-order valence-electron chi connectivity index (χ0n) is 21.3. The zero-order valence-corrected chi connectivity index (χ0v) is 22.0. The minimum Gasteiger partial charge on any atom is -0.356 e. The number of aryl methyl sites for hydroxylation is 1. The summed E-state index contributed by atoms with van der Waals surface area (Å²) >= 11 is 6.05. The van der Waals surface area contributed by atoms with E-state index in [9.17, 15) is 14.4 Å². The maximum absolute atomic E-state index is 14.1. The molecule has 1 aromatic carbocycles. The van der Waals surface area contributed by atoms with Gasteiger partial charge in [0.2, 0.25) is 0 Å². The average Bonchev–Trinajstić information content (AvgIpc) is 3.40. The van der Waals surface area contributed by atoms with Crippen LogP contribution in [0.5, 0.6) is 0 Å². The van der Waals surface area contributed by atoms with Gasteiger partial charge in [-0.05, 0) is 30.3 Å².